The van der Waals surface area contributed by atoms with Gasteiger partial charge in [-0.25, -0.2) is 9.97 Å². The summed E-state index contributed by atoms with van der Waals surface area (Å²) in [7, 11) is 0. The predicted molar refractivity (Wildman–Crippen MR) is 78.6 cm³/mol. The summed E-state index contributed by atoms with van der Waals surface area (Å²) in [5, 5.41) is 5.70. The zero-order valence-corrected chi connectivity index (χ0v) is 12.3. The second-order valence-corrected chi connectivity index (χ2v) is 4.42. The van der Waals surface area contributed by atoms with Gasteiger partial charge in [0.1, 0.15) is 6.61 Å². The quantitative estimate of drug-likeness (QED) is 0.496. The first-order valence-electron chi connectivity index (χ1n) is 7.15. The molecule has 0 bridgehead atoms. The lowest BCUT2D eigenvalue weighted by molar-refractivity contribution is -0.143. The van der Waals surface area contributed by atoms with Crippen LogP contribution in [-0.2, 0) is 14.3 Å². The molecule has 1 amide bonds. The van der Waals surface area contributed by atoms with Crippen molar-refractivity contribution in [3.63, 3.8) is 0 Å². The van der Waals surface area contributed by atoms with Crippen molar-refractivity contribution in [2.45, 2.75) is 32.6 Å². The molecular formula is C14H22N4O3. The van der Waals surface area contributed by atoms with Gasteiger partial charge in [-0.05, 0) is 18.9 Å². The Balaban J connectivity index is 2.00. The number of nitrogens with zero attached hydrogens (tertiary/aromatic N) is 2. The van der Waals surface area contributed by atoms with Crippen LogP contribution in [0.15, 0.2) is 18.5 Å². The zero-order chi connectivity index (χ0) is 15.3. The average Bonchev–Trinajstić information content (AvgIpc) is 2.50. The number of nitrogens with one attached hydrogen (secondary N) is 2. The minimum Gasteiger partial charge on any atom is -0.464 e. The van der Waals surface area contributed by atoms with Crippen LogP contribution in [0.1, 0.15) is 32.6 Å². The van der Waals surface area contributed by atoms with Crippen molar-refractivity contribution >= 4 is 17.8 Å². The predicted octanol–water partition coefficient (Wildman–Crippen LogP) is 1.13. The van der Waals surface area contributed by atoms with Crippen molar-refractivity contribution in [1.29, 1.82) is 0 Å². The van der Waals surface area contributed by atoms with Crippen molar-refractivity contribution in [3.05, 3.63) is 18.5 Å². The molecule has 1 rings (SSSR count). The summed E-state index contributed by atoms with van der Waals surface area (Å²) in [5.74, 6) is 0.183. The molecule has 0 aliphatic carbocycles. The van der Waals surface area contributed by atoms with Crippen molar-refractivity contribution in [3.8, 4) is 0 Å². The standard InChI is InChI=1S/C14H22N4O3/c1-2-7-15-12(19)5-3-6-13(20)21-11-10-18-14-16-8-4-9-17-14/h4,8-9H,2-3,5-7,10-11H2,1H3,(H,15,19)(H,16,17,18). The number of ether oxygens (including phenoxy) is 1. The molecule has 0 aromatic carbocycles. The maximum atomic E-state index is 11.4. The van der Waals surface area contributed by atoms with E-state index in [2.05, 4.69) is 20.6 Å². The monoisotopic (exact) mass is 294 g/mol. The first-order valence-corrected chi connectivity index (χ1v) is 7.15. The van der Waals surface area contributed by atoms with E-state index in [0.717, 1.165) is 6.42 Å². The van der Waals surface area contributed by atoms with Gasteiger partial charge in [-0.2, -0.15) is 0 Å². The Hall–Kier alpha value is -2.18. The zero-order valence-electron chi connectivity index (χ0n) is 12.3. The number of rotatable bonds is 10. The maximum Gasteiger partial charge on any atom is 0.305 e. The molecule has 0 aliphatic heterocycles. The van der Waals surface area contributed by atoms with E-state index >= 15 is 0 Å². The third-order valence-corrected chi connectivity index (χ3v) is 2.57. The fourth-order valence-electron chi connectivity index (χ4n) is 1.54. The summed E-state index contributed by atoms with van der Waals surface area (Å²) in [6.07, 6.45) is 5.28. The molecule has 0 saturated carbocycles. The molecule has 0 spiro atoms. The lowest BCUT2D eigenvalue weighted by Gasteiger charge is -2.06. The molecule has 1 aromatic heterocycles. The van der Waals surface area contributed by atoms with Crippen molar-refractivity contribution in [2.24, 2.45) is 0 Å². The minimum atomic E-state index is -0.297. The van der Waals surface area contributed by atoms with Crippen LogP contribution in [0.5, 0.6) is 0 Å². The first kappa shape index (κ1) is 16.9. The molecule has 7 nitrogen and oxygen atoms in total. The van der Waals surface area contributed by atoms with Gasteiger partial charge in [0, 0.05) is 31.8 Å². The van der Waals surface area contributed by atoms with Gasteiger partial charge >= 0.3 is 5.97 Å². The van der Waals surface area contributed by atoms with Crippen LogP contribution in [0.25, 0.3) is 0 Å². The molecule has 0 saturated heterocycles. The van der Waals surface area contributed by atoms with Gasteiger partial charge in [-0.1, -0.05) is 6.92 Å². The molecule has 1 heterocycles. The molecule has 0 radical (unpaired) electrons. The average molecular weight is 294 g/mol. The van der Waals surface area contributed by atoms with Crippen LogP contribution in [0, 0.1) is 0 Å². The van der Waals surface area contributed by atoms with E-state index in [4.69, 9.17) is 4.74 Å². The highest BCUT2D eigenvalue weighted by Gasteiger charge is 2.05. The highest BCUT2D eigenvalue weighted by Crippen LogP contribution is 1.98. The van der Waals surface area contributed by atoms with E-state index in [1.165, 1.54) is 0 Å². The third-order valence-electron chi connectivity index (χ3n) is 2.57. The second kappa shape index (κ2) is 10.6. The van der Waals surface area contributed by atoms with E-state index in [1.54, 1.807) is 18.5 Å². The molecule has 1 aromatic rings. The Morgan fingerprint density at radius 1 is 1.19 bits per heavy atom. The van der Waals surface area contributed by atoms with E-state index in [1.807, 2.05) is 6.92 Å². The van der Waals surface area contributed by atoms with Crippen LogP contribution in [0.3, 0.4) is 0 Å². The molecule has 7 heteroatoms. The van der Waals surface area contributed by atoms with E-state index in [9.17, 15) is 9.59 Å². The minimum absolute atomic E-state index is 0.0208. The summed E-state index contributed by atoms with van der Waals surface area (Å²) in [5.41, 5.74) is 0. The van der Waals surface area contributed by atoms with Gasteiger partial charge in [0.25, 0.3) is 0 Å². The SMILES string of the molecule is CCCNC(=O)CCCC(=O)OCCNc1ncccn1. The Morgan fingerprint density at radius 2 is 1.95 bits per heavy atom. The highest BCUT2D eigenvalue weighted by atomic mass is 16.5. The lowest BCUT2D eigenvalue weighted by atomic mass is 10.2. The smallest absolute Gasteiger partial charge is 0.305 e. The number of carbonyl (C=O) groups is 2. The number of carbonyl (C=O) groups excluding carboxylic acids is 2. The second-order valence-electron chi connectivity index (χ2n) is 4.42. The summed E-state index contributed by atoms with van der Waals surface area (Å²) in [4.78, 5) is 30.7. The van der Waals surface area contributed by atoms with Gasteiger partial charge in [0.05, 0.1) is 6.54 Å². The highest BCUT2D eigenvalue weighted by molar-refractivity contribution is 5.76. The Bertz CT molecular complexity index is 425. The molecule has 0 unspecified atom stereocenters. The topological polar surface area (TPSA) is 93.2 Å². The molecule has 2 N–H and O–H groups in total. The van der Waals surface area contributed by atoms with E-state index < -0.39 is 0 Å². The summed E-state index contributed by atoms with van der Waals surface area (Å²) in [6, 6.07) is 1.72. The van der Waals surface area contributed by atoms with Gasteiger partial charge in [-0.3, -0.25) is 9.59 Å². The van der Waals surface area contributed by atoms with E-state index in [-0.39, 0.29) is 24.9 Å². The van der Waals surface area contributed by atoms with Crippen molar-refractivity contribution in [1.82, 2.24) is 15.3 Å². The first-order chi connectivity index (χ1) is 10.2. The van der Waals surface area contributed by atoms with Crippen molar-refractivity contribution < 1.29 is 14.3 Å². The summed E-state index contributed by atoms with van der Waals surface area (Å²) < 4.78 is 5.04. The fourth-order valence-corrected chi connectivity index (χ4v) is 1.54. The van der Waals surface area contributed by atoms with Crippen LogP contribution < -0.4 is 10.6 Å². The Labute approximate surface area is 124 Å². The van der Waals surface area contributed by atoms with Crippen LogP contribution >= 0.6 is 0 Å². The number of amides is 1. The molecule has 21 heavy (non-hydrogen) atoms. The molecule has 0 fully saturated rings. The number of aromatic nitrogens is 2. The van der Waals surface area contributed by atoms with E-state index in [0.29, 0.717) is 31.9 Å². The summed E-state index contributed by atoms with van der Waals surface area (Å²) >= 11 is 0. The van der Waals surface area contributed by atoms with Crippen LogP contribution in [0.2, 0.25) is 0 Å². The van der Waals surface area contributed by atoms with Crippen LogP contribution in [0.4, 0.5) is 5.95 Å². The number of hydrogen-bond donors (Lipinski definition) is 2. The molecule has 0 aliphatic rings. The number of anilines is 1. The van der Waals surface area contributed by atoms with Gasteiger partial charge in [0.2, 0.25) is 11.9 Å². The molecular weight excluding hydrogens is 272 g/mol. The van der Waals surface area contributed by atoms with Gasteiger partial charge < -0.3 is 15.4 Å². The van der Waals surface area contributed by atoms with Gasteiger partial charge in [-0.15, -0.1) is 0 Å². The fraction of sp³-hybridized carbons (Fsp3) is 0.571. The van der Waals surface area contributed by atoms with Gasteiger partial charge in [0.15, 0.2) is 0 Å². The normalized spacial score (nSPS) is 9.95. The van der Waals surface area contributed by atoms with Crippen LogP contribution in [-0.4, -0.2) is 41.5 Å². The Morgan fingerprint density at radius 3 is 2.67 bits per heavy atom. The number of hydrogen-bond acceptors (Lipinski definition) is 6. The Kier molecular flexibility index (Phi) is 8.51. The maximum absolute atomic E-state index is 11.4. The number of esters is 1. The largest absolute Gasteiger partial charge is 0.464 e. The third kappa shape index (κ3) is 8.56. The summed E-state index contributed by atoms with van der Waals surface area (Å²) in [6.45, 7) is 3.37. The lowest BCUT2D eigenvalue weighted by Crippen LogP contribution is -2.23. The molecule has 116 valence electrons. The van der Waals surface area contributed by atoms with Crippen molar-refractivity contribution in [2.75, 3.05) is 25.0 Å². The molecule has 0 atom stereocenters.